The second-order valence-corrected chi connectivity index (χ2v) is 16.1. The molecule has 0 aliphatic heterocycles. The van der Waals surface area contributed by atoms with Gasteiger partial charge in [-0.2, -0.15) is 15.0 Å². The molecule has 0 atom stereocenters. The van der Waals surface area contributed by atoms with Crippen LogP contribution in [0.25, 0.3) is 117 Å². The molecule has 13 rings (SSSR count). The highest BCUT2D eigenvalue weighted by molar-refractivity contribution is 6.13. The second-order valence-electron chi connectivity index (χ2n) is 16.1. The second kappa shape index (κ2) is 14.0. The monoisotopic (exact) mass is 804 g/mol. The molecule has 4 heterocycles. The molecule has 0 spiro atoms. The first kappa shape index (κ1) is 35.2. The van der Waals surface area contributed by atoms with Crippen molar-refractivity contribution in [2.24, 2.45) is 0 Å². The standard InChI is InChI=1S/C57H36N6/c1-4-16-37(17-5-1)40-28-31-52-46(34-40)47-35-41(38-18-6-2-7-19-38)29-32-53(47)63(52)57-59-55(39-20-8-3-9-21-39)58-56(60-57)62-51-27-15-12-24-45(51)48-36-42(30-33-54(48)62)61-49-25-13-10-22-43(49)44-23-11-14-26-50(44)61/h1-36H. The molecule has 6 heteroatoms. The average Bonchev–Trinajstić information content (AvgIpc) is 3.99. The van der Waals surface area contributed by atoms with E-state index in [0.717, 1.165) is 66.0 Å². The van der Waals surface area contributed by atoms with E-state index < -0.39 is 0 Å². The molecule has 0 amide bonds. The van der Waals surface area contributed by atoms with Crippen molar-refractivity contribution in [3.8, 4) is 51.2 Å². The van der Waals surface area contributed by atoms with Crippen LogP contribution in [0.15, 0.2) is 218 Å². The minimum absolute atomic E-state index is 0.548. The Hall–Kier alpha value is -8.61. The van der Waals surface area contributed by atoms with Crippen LogP contribution in [0, 0.1) is 0 Å². The van der Waals surface area contributed by atoms with E-state index in [0.29, 0.717) is 17.7 Å². The van der Waals surface area contributed by atoms with Gasteiger partial charge in [0.1, 0.15) is 0 Å². The van der Waals surface area contributed by atoms with E-state index in [1.165, 1.54) is 32.9 Å². The zero-order valence-corrected chi connectivity index (χ0v) is 34.0. The summed E-state index contributed by atoms with van der Waals surface area (Å²) < 4.78 is 6.78. The van der Waals surface area contributed by atoms with Crippen molar-refractivity contribution in [3.63, 3.8) is 0 Å². The summed E-state index contributed by atoms with van der Waals surface area (Å²) >= 11 is 0. The van der Waals surface area contributed by atoms with E-state index in [1.807, 2.05) is 18.2 Å². The number of hydrogen-bond acceptors (Lipinski definition) is 3. The largest absolute Gasteiger partial charge is 0.309 e. The van der Waals surface area contributed by atoms with Crippen molar-refractivity contribution < 1.29 is 0 Å². The van der Waals surface area contributed by atoms with Gasteiger partial charge in [0, 0.05) is 43.6 Å². The molecular formula is C57H36N6. The summed E-state index contributed by atoms with van der Waals surface area (Å²) in [5.74, 6) is 1.69. The van der Waals surface area contributed by atoms with Crippen LogP contribution in [0.5, 0.6) is 0 Å². The third-order valence-electron chi connectivity index (χ3n) is 12.5. The Balaban J connectivity index is 1.07. The Kier molecular flexibility index (Phi) is 7.80. The number of nitrogens with zero attached hydrogens (tertiary/aromatic N) is 6. The molecular weight excluding hydrogens is 769 g/mol. The third kappa shape index (κ3) is 5.55. The van der Waals surface area contributed by atoms with Crippen molar-refractivity contribution in [1.29, 1.82) is 0 Å². The maximum absolute atomic E-state index is 5.46. The van der Waals surface area contributed by atoms with Crippen molar-refractivity contribution in [1.82, 2.24) is 28.7 Å². The summed E-state index contributed by atoms with van der Waals surface area (Å²) in [5.41, 5.74) is 13.1. The molecule has 0 unspecified atom stereocenters. The first-order valence-electron chi connectivity index (χ1n) is 21.3. The van der Waals surface area contributed by atoms with Crippen molar-refractivity contribution in [2.75, 3.05) is 0 Å². The highest BCUT2D eigenvalue weighted by atomic mass is 15.3. The van der Waals surface area contributed by atoms with Gasteiger partial charge in [0.15, 0.2) is 5.82 Å². The minimum Gasteiger partial charge on any atom is -0.309 e. The summed E-state index contributed by atoms with van der Waals surface area (Å²) in [4.78, 5) is 16.1. The topological polar surface area (TPSA) is 53.5 Å². The first-order valence-corrected chi connectivity index (χ1v) is 21.3. The lowest BCUT2D eigenvalue weighted by atomic mass is 10.0. The van der Waals surface area contributed by atoms with E-state index in [-0.39, 0.29) is 0 Å². The number of rotatable bonds is 6. The molecule has 0 aliphatic rings. The molecule has 0 saturated heterocycles. The Labute approximate surface area is 362 Å². The van der Waals surface area contributed by atoms with Crippen LogP contribution in [0.1, 0.15) is 0 Å². The molecule has 0 fully saturated rings. The Morgan fingerprint density at radius 3 is 1.10 bits per heavy atom. The lowest BCUT2D eigenvalue weighted by Crippen LogP contribution is -2.10. The Morgan fingerprint density at radius 1 is 0.238 bits per heavy atom. The molecule has 9 aromatic carbocycles. The number of para-hydroxylation sites is 3. The van der Waals surface area contributed by atoms with Crippen LogP contribution in [0.4, 0.5) is 0 Å². The fourth-order valence-electron chi connectivity index (χ4n) is 9.65. The van der Waals surface area contributed by atoms with Crippen LogP contribution < -0.4 is 0 Å². The molecule has 13 aromatic rings. The highest BCUT2D eigenvalue weighted by Crippen LogP contribution is 2.39. The van der Waals surface area contributed by atoms with Gasteiger partial charge < -0.3 is 4.57 Å². The quantitative estimate of drug-likeness (QED) is 0.168. The lowest BCUT2D eigenvalue weighted by molar-refractivity contribution is 0.893. The Bertz CT molecular complexity index is 3750. The van der Waals surface area contributed by atoms with E-state index in [1.54, 1.807) is 0 Å². The zero-order chi connectivity index (χ0) is 41.4. The maximum atomic E-state index is 5.46. The van der Waals surface area contributed by atoms with Crippen LogP contribution in [-0.4, -0.2) is 28.7 Å². The van der Waals surface area contributed by atoms with Gasteiger partial charge in [0.25, 0.3) is 0 Å². The van der Waals surface area contributed by atoms with Crippen molar-refractivity contribution in [2.45, 2.75) is 0 Å². The van der Waals surface area contributed by atoms with Crippen LogP contribution in [0.2, 0.25) is 0 Å². The highest BCUT2D eigenvalue weighted by Gasteiger charge is 2.22. The van der Waals surface area contributed by atoms with Crippen LogP contribution in [-0.2, 0) is 0 Å². The van der Waals surface area contributed by atoms with Crippen LogP contribution in [0.3, 0.4) is 0 Å². The zero-order valence-electron chi connectivity index (χ0n) is 34.0. The first-order chi connectivity index (χ1) is 31.2. The van der Waals surface area contributed by atoms with E-state index in [9.17, 15) is 0 Å². The summed E-state index contributed by atoms with van der Waals surface area (Å²) in [5, 5.41) is 6.96. The smallest absolute Gasteiger partial charge is 0.240 e. The number of benzene rings is 9. The molecule has 63 heavy (non-hydrogen) atoms. The molecule has 4 aromatic heterocycles. The minimum atomic E-state index is 0.548. The van der Waals surface area contributed by atoms with E-state index in [4.69, 9.17) is 15.0 Å². The molecule has 0 bridgehead atoms. The van der Waals surface area contributed by atoms with Gasteiger partial charge in [-0.3, -0.25) is 9.13 Å². The van der Waals surface area contributed by atoms with Gasteiger partial charge >= 0.3 is 0 Å². The summed E-state index contributed by atoms with van der Waals surface area (Å²) in [6, 6.07) is 77.4. The SMILES string of the molecule is c1ccc(-c2ccc3c(c2)c2cc(-c4ccccc4)ccc2n3-c2nc(-c3ccccc3)nc(-n3c4ccccc4c4cc(-n5c6ccccc6c6ccccc65)ccc43)n2)cc1. The van der Waals surface area contributed by atoms with Crippen molar-refractivity contribution in [3.05, 3.63) is 218 Å². The molecule has 6 nitrogen and oxygen atoms in total. The number of aromatic nitrogens is 6. The van der Waals surface area contributed by atoms with Gasteiger partial charge in [0.2, 0.25) is 11.9 Å². The maximum Gasteiger partial charge on any atom is 0.240 e. The van der Waals surface area contributed by atoms with Gasteiger partial charge in [-0.1, -0.05) is 158 Å². The average molecular weight is 805 g/mol. The van der Waals surface area contributed by atoms with Gasteiger partial charge in [-0.25, -0.2) is 0 Å². The third-order valence-corrected chi connectivity index (χ3v) is 12.5. The summed E-state index contributed by atoms with van der Waals surface area (Å²) in [7, 11) is 0. The van der Waals surface area contributed by atoms with Gasteiger partial charge in [-0.05, 0) is 82.9 Å². The Morgan fingerprint density at radius 2 is 0.603 bits per heavy atom. The molecule has 0 aliphatic carbocycles. The molecule has 0 saturated carbocycles. The van der Waals surface area contributed by atoms with Crippen LogP contribution >= 0.6 is 0 Å². The lowest BCUT2D eigenvalue weighted by Gasteiger charge is -2.13. The number of fused-ring (bicyclic) bond motifs is 9. The summed E-state index contributed by atoms with van der Waals surface area (Å²) in [6.07, 6.45) is 0. The fraction of sp³-hybridized carbons (Fsp3) is 0. The van der Waals surface area contributed by atoms with Gasteiger partial charge in [-0.15, -0.1) is 0 Å². The summed E-state index contributed by atoms with van der Waals surface area (Å²) in [6.45, 7) is 0. The number of hydrogen-bond donors (Lipinski definition) is 0. The molecule has 0 radical (unpaired) electrons. The predicted molar refractivity (Wildman–Crippen MR) is 259 cm³/mol. The van der Waals surface area contributed by atoms with Gasteiger partial charge in [0.05, 0.1) is 33.1 Å². The van der Waals surface area contributed by atoms with E-state index >= 15 is 0 Å². The predicted octanol–water partition coefficient (Wildman–Crippen LogP) is 14.2. The van der Waals surface area contributed by atoms with Crippen molar-refractivity contribution >= 4 is 65.4 Å². The fourth-order valence-corrected chi connectivity index (χ4v) is 9.65. The normalized spacial score (nSPS) is 11.8. The van der Waals surface area contributed by atoms with E-state index in [2.05, 4.69) is 214 Å². The molecule has 294 valence electrons. The molecule has 0 N–H and O–H groups in total.